The van der Waals surface area contributed by atoms with E-state index in [4.69, 9.17) is 4.74 Å². The monoisotopic (exact) mass is 353 g/mol. The number of rotatable bonds is 7. The summed E-state index contributed by atoms with van der Waals surface area (Å²) in [6, 6.07) is 5.13. The van der Waals surface area contributed by atoms with E-state index in [-0.39, 0.29) is 5.75 Å². The molecule has 1 aromatic carbocycles. The molecule has 2 rings (SSSR count). The number of hydrogen-bond donors (Lipinski definition) is 2. The summed E-state index contributed by atoms with van der Waals surface area (Å²) in [6.45, 7) is 1.62. The Hall–Kier alpha value is -2.15. The smallest absolute Gasteiger partial charge is 0.387 e. The van der Waals surface area contributed by atoms with Gasteiger partial charge in [-0.15, -0.1) is 0 Å². The third kappa shape index (κ3) is 6.70. The Labute approximate surface area is 147 Å². The van der Waals surface area contributed by atoms with E-state index >= 15 is 0 Å². The van der Waals surface area contributed by atoms with Gasteiger partial charge in [-0.2, -0.15) is 8.78 Å². The van der Waals surface area contributed by atoms with E-state index in [1.54, 1.807) is 19.2 Å². The van der Waals surface area contributed by atoms with E-state index in [2.05, 4.69) is 26.4 Å². The van der Waals surface area contributed by atoms with Crippen LogP contribution in [0.1, 0.15) is 24.0 Å². The van der Waals surface area contributed by atoms with Gasteiger partial charge in [0.25, 0.3) is 0 Å². The fourth-order valence-electron chi connectivity index (χ4n) is 2.59. The quantitative estimate of drug-likeness (QED) is 0.450. The first kappa shape index (κ1) is 19.2. The zero-order valence-corrected chi connectivity index (χ0v) is 14.6. The topological polar surface area (TPSA) is 54.9 Å². The molecule has 0 spiro atoms. The number of halogens is 2. The second-order valence-electron chi connectivity index (χ2n) is 5.78. The summed E-state index contributed by atoms with van der Waals surface area (Å²) in [4.78, 5) is 4.16. The molecule has 0 radical (unpaired) electrons. The second-order valence-corrected chi connectivity index (χ2v) is 5.78. The SMILES string of the molecule is CN=C(NCCC1=CCOCC1)NCc1cc(C)ccc1OC(F)F. The molecule has 0 saturated heterocycles. The van der Waals surface area contributed by atoms with Gasteiger partial charge >= 0.3 is 6.61 Å². The molecule has 0 bridgehead atoms. The van der Waals surface area contributed by atoms with Gasteiger partial charge in [0.05, 0.1) is 13.2 Å². The average molecular weight is 353 g/mol. The minimum absolute atomic E-state index is 0.177. The van der Waals surface area contributed by atoms with Crippen molar-refractivity contribution in [3.8, 4) is 5.75 Å². The maximum absolute atomic E-state index is 12.5. The molecular formula is C18H25F2N3O2. The Kier molecular flexibility index (Phi) is 7.66. The Bertz CT molecular complexity index is 618. The van der Waals surface area contributed by atoms with Crippen LogP contribution in [0.2, 0.25) is 0 Å². The zero-order chi connectivity index (χ0) is 18.1. The lowest BCUT2D eigenvalue weighted by Crippen LogP contribution is -2.37. The zero-order valence-electron chi connectivity index (χ0n) is 14.6. The lowest BCUT2D eigenvalue weighted by atomic mass is 10.1. The molecule has 25 heavy (non-hydrogen) atoms. The highest BCUT2D eigenvalue weighted by Crippen LogP contribution is 2.22. The van der Waals surface area contributed by atoms with Crippen LogP contribution in [0.15, 0.2) is 34.8 Å². The number of alkyl halides is 2. The lowest BCUT2D eigenvalue weighted by Gasteiger charge is -2.17. The van der Waals surface area contributed by atoms with E-state index in [1.165, 1.54) is 5.57 Å². The van der Waals surface area contributed by atoms with Crippen LogP contribution in [0.4, 0.5) is 8.78 Å². The summed E-state index contributed by atoms with van der Waals surface area (Å²) in [5, 5.41) is 6.36. The predicted octanol–water partition coefficient (Wildman–Crippen LogP) is 3.00. The summed E-state index contributed by atoms with van der Waals surface area (Å²) >= 11 is 0. The third-order valence-corrected chi connectivity index (χ3v) is 3.90. The molecule has 0 aliphatic carbocycles. The Morgan fingerprint density at radius 2 is 2.20 bits per heavy atom. The van der Waals surface area contributed by atoms with Crippen molar-refractivity contribution in [1.82, 2.24) is 10.6 Å². The number of aryl methyl sites for hydroxylation is 1. The molecule has 0 aromatic heterocycles. The molecule has 1 aliphatic heterocycles. The molecule has 0 amide bonds. The minimum Gasteiger partial charge on any atom is -0.434 e. The Morgan fingerprint density at radius 1 is 1.36 bits per heavy atom. The number of benzene rings is 1. The summed E-state index contributed by atoms with van der Waals surface area (Å²) in [7, 11) is 1.68. The second kappa shape index (κ2) is 9.98. The highest BCUT2D eigenvalue weighted by molar-refractivity contribution is 5.79. The van der Waals surface area contributed by atoms with Gasteiger partial charge in [-0.05, 0) is 25.8 Å². The van der Waals surface area contributed by atoms with Crippen LogP contribution in [0.3, 0.4) is 0 Å². The van der Waals surface area contributed by atoms with Gasteiger partial charge < -0.3 is 20.1 Å². The van der Waals surface area contributed by atoms with Crippen LogP contribution in [0.25, 0.3) is 0 Å². The number of hydrogen-bond acceptors (Lipinski definition) is 3. The molecule has 138 valence electrons. The first-order valence-corrected chi connectivity index (χ1v) is 8.33. The highest BCUT2D eigenvalue weighted by Gasteiger charge is 2.10. The van der Waals surface area contributed by atoms with Crippen molar-refractivity contribution in [2.75, 3.05) is 26.8 Å². The number of ether oxygens (including phenoxy) is 2. The molecule has 2 N–H and O–H groups in total. The van der Waals surface area contributed by atoms with E-state index < -0.39 is 6.61 Å². The number of nitrogens with zero attached hydrogens (tertiary/aromatic N) is 1. The fraction of sp³-hybridized carbons (Fsp3) is 0.500. The average Bonchev–Trinajstić information content (AvgIpc) is 2.60. The summed E-state index contributed by atoms with van der Waals surface area (Å²) < 4.78 is 34.9. The highest BCUT2D eigenvalue weighted by atomic mass is 19.3. The predicted molar refractivity (Wildman–Crippen MR) is 94.1 cm³/mol. The first-order chi connectivity index (χ1) is 12.1. The lowest BCUT2D eigenvalue weighted by molar-refractivity contribution is -0.0504. The van der Waals surface area contributed by atoms with Gasteiger partial charge in [-0.3, -0.25) is 4.99 Å². The molecular weight excluding hydrogens is 328 g/mol. The van der Waals surface area contributed by atoms with Crippen LogP contribution in [-0.2, 0) is 11.3 Å². The minimum atomic E-state index is -2.84. The molecule has 1 aromatic rings. The van der Waals surface area contributed by atoms with Crippen molar-refractivity contribution in [2.24, 2.45) is 4.99 Å². The molecule has 7 heteroatoms. The van der Waals surface area contributed by atoms with Crippen molar-refractivity contribution in [3.05, 3.63) is 41.0 Å². The van der Waals surface area contributed by atoms with Crippen LogP contribution < -0.4 is 15.4 Å². The molecule has 0 unspecified atom stereocenters. The molecule has 1 aliphatic rings. The molecule has 1 heterocycles. The standard InChI is InChI=1S/C18H25F2N3O2/c1-13-3-4-16(25-17(19)20)15(11-13)12-23-18(21-2)22-8-5-14-6-9-24-10-7-14/h3-4,6,11,17H,5,7-10,12H2,1-2H3,(H2,21,22,23). The van der Waals surface area contributed by atoms with Crippen molar-refractivity contribution >= 4 is 5.96 Å². The summed E-state index contributed by atoms with van der Waals surface area (Å²) in [5.74, 6) is 0.799. The van der Waals surface area contributed by atoms with Gasteiger partial charge in [0, 0.05) is 25.7 Å². The van der Waals surface area contributed by atoms with Crippen LogP contribution in [0.5, 0.6) is 5.75 Å². The molecule has 0 saturated carbocycles. The van der Waals surface area contributed by atoms with E-state index in [9.17, 15) is 8.78 Å². The molecule has 0 fully saturated rings. The Morgan fingerprint density at radius 3 is 2.88 bits per heavy atom. The Balaban J connectivity index is 1.85. The van der Waals surface area contributed by atoms with Gasteiger partial charge in [-0.1, -0.05) is 29.3 Å². The van der Waals surface area contributed by atoms with E-state index in [0.29, 0.717) is 24.7 Å². The molecule has 5 nitrogen and oxygen atoms in total. The fourth-order valence-corrected chi connectivity index (χ4v) is 2.59. The van der Waals surface area contributed by atoms with Crippen LogP contribution in [0, 0.1) is 6.92 Å². The number of aliphatic imine (C=N–C) groups is 1. The van der Waals surface area contributed by atoms with E-state index in [0.717, 1.165) is 31.6 Å². The van der Waals surface area contributed by atoms with Crippen molar-refractivity contribution in [1.29, 1.82) is 0 Å². The van der Waals surface area contributed by atoms with Crippen molar-refractivity contribution in [3.63, 3.8) is 0 Å². The largest absolute Gasteiger partial charge is 0.434 e. The van der Waals surface area contributed by atoms with Crippen molar-refractivity contribution < 1.29 is 18.3 Å². The van der Waals surface area contributed by atoms with Crippen LogP contribution >= 0.6 is 0 Å². The first-order valence-electron chi connectivity index (χ1n) is 8.33. The maximum Gasteiger partial charge on any atom is 0.387 e. The van der Waals surface area contributed by atoms with E-state index in [1.807, 2.05) is 13.0 Å². The summed E-state index contributed by atoms with van der Waals surface area (Å²) in [6.07, 6.45) is 4.00. The molecule has 0 atom stereocenters. The normalized spacial score (nSPS) is 15.1. The number of nitrogens with one attached hydrogen (secondary N) is 2. The maximum atomic E-state index is 12.5. The summed E-state index contributed by atoms with van der Waals surface area (Å²) in [5.41, 5.74) is 3.02. The van der Waals surface area contributed by atoms with Crippen LogP contribution in [-0.4, -0.2) is 39.4 Å². The van der Waals surface area contributed by atoms with Gasteiger partial charge in [0.2, 0.25) is 0 Å². The van der Waals surface area contributed by atoms with Gasteiger partial charge in [0.15, 0.2) is 5.96 Å². The van der Waals surface area contributed by atoms with Crippen molar-refractivity contribution in [2.45, 2.75) is 32.9 Å². The third-order valence-electron chi connectivity index (χ3n) is 3.90. The number of guanidine groups is 1. The van der Waals surface area contributed by atoms with Gasteiger partial charge in [-0.25, -0.2) is 0 Å². The van der Waals surface area contributed by atoms with Gasteiger partial charge in [0.1, 0.15) is 5.75 Å².